The summed E-state index contributed by atoms with van der Waals surface area (Å²) in [7, 11) is -3.75. The molecule has 1 saturated heterocycles. The number of nitrogens with zero attached hydrogens (tertiary/aromatic N) is 1. The number of fused-ring (bicyclic) bond motifs is 5. The maximum atomic E-state index is 12.7. The first-order chi connectivity index (χ1) is 10.4. The molecule has 0 spiro atoms. The van der Waals surface area contributed by atoms with E-state index >= 15 is 0 Å². The minimum Gasteiger partial charge on any atom is -0.478 e. The fourth-order valence-corrected chi connectivity index (χ4v) is 6.27. The lowest BCUT2D eigenvalue weighted by Gasteiger charge is -2.19. The number of sulfonamides is 1. The molecule has 2 aliphatic carbocycles. The van der Waals surface area contributed by atoms with E-state index in [9.17, 15) is 18.0 Å². The van der Waals surface area contributed by atoms with E-state index in [1.807, 2.05) is 12.2 Å². The quantitative estimate of drug-likeness (QED) is 0.828. The van der Waals surface area contributed by atoms with Crippen LogP contribution in [0.25, 0.3) is 0 Å². The third kappa shape index (κ3) is 1.57. The number of rotatable bonds is 2. The molecule has 0 aromatic heterocycles. The summed E-state index contributed by atoms with van der Waals surface area (Å²) in [6.07, 6.45) is 4.57. The van der Waals surface area contributed by atoms with Crippen LogP contribution in [0.1, 0.15) is 16.8 Å². The van der Waals surface area contributed by atoms with E-state index in [-0.39, 0.29) is 23.1 Å². The van der Waals surface area contributed by atoms with Crippen LogP contribution in [0, 0.1) is 17.8 Å². The number of amides is 1. The van der Waals surface area contributed by atoms with Gasteiger partial charge in [0.25, 0.3) is 0 Å². The Morgan fingerprint density at radius 3 is 2.36 bits per heavy atom. The number of benzene rings is 1. The zero-order chi connectivity index (χ0) is 15.6. The summed E-state index contributed by atoms with van der Waals surface area (Å²) in [5.41, 5.74) is 0.263. The van der Waals surface area contributed by atoms with Crippen LogP contribution in [0.15, 0.2) is 36.4 Å². The van der Waals surface area contributed by atoms with Crippen LogP contribution < -0.4 is 4.31 Å². The Hall–Kier alpha value is -2.15. The SMILES string of the molecule is O=C(O)c1ccc(N2C(=O)[C@@H]3[C@@H]([C@@H]4C=C[C@H]3C4)S2(=O)=O)cc1. The zero-order valence-electron chi connectivity index (χ0n) is 11.4. The van der Waals surface area contributed by atoms with E-state index in [1.54, 1.807) is 0 Å². The number of anilines is 1. The molecule has 2 bridgehead atoms. The van der Waals surface area contributed by atoms with E-state index in [2.05, 4.69) is 0 Å². The average Bonchev–Trinajstić information content (AvgIpc) is 3.12. The van der Waals surface area contributed by atoms with E-state index in [4.69, 9.17) is 5.11 Å². The van der Waals surface area contributed by atoms with Gasteiger partial charge in [-0.05, 0) is 42.5 Å². The lowest BCUT2D eigenvalue weighted by molar-refractivity contribution is -0.120. The van der Waals surface area contributed by atoms with E-state index in [0.717, 1.165) is 10.7 Å². The maximum absolute atomic E-state index is 12.7. The Labute approximate surface area is 127 Å². The van der Waals surface area contributed by atoms with Gasteiger partial charge in [0.05, 0.1) is 22.4 Å². The highest BCUT2D eigenvalue weighted by Crippen LogP contribution is 2.53. The van der Waals surface area contributed by atoms with Crippen molar-refractivity contribution in [3.8, 4) is 0 Å². The van der Waals surface area contributed by atoms with Gasteiger partial charge in [0, 0.05) is 0 Å². The Morgan fingerprint density at radius 1 is 1.14 bits per heavy atom. The molecule has 1 amide bonds. The lowest BCUT2D eigenvalue weighted by Crippen LogP contribution is -2.33. The smallest absolute Gasteiger partial charge is 0.335 e. The Kier molecular flexibility index (Phi) is 2.57. The standard InChI is InChI=1S/C15H13NO5S/c17-14-12-9-1-2-10(7-9)13(12)22(20,21)16(14)11-5-3-8(4-6-11)15(18)19/h1-6,9-10,12-13H,7H2,(H,18,19)/t9-,10+,12-,13+/m0/s1. The molecule has 1 N–H and O–H groups in total. The molecule has 7 heteroatoms. The second kappa shape index (κ2) is 4.19. The Morgan fingerprint density at radius 2 is 1.77 bits per heavy atom. The first kappa shape index (κ1) is 13.5. The van der Waals surface area contributed by atoms with Crippen LogP contribution in [-0.4, -0.2) is 30.7 Å². The number of aromatic carboxylic acids is 1. The number of allylic oxidation sites excluding steroid dienone is 2. The monoisotopic (exact) mass is 319 g/mol. The van der Waals surface area contributed by atoms with Crippen molar-refractivity contribution in [3.05, 3.63) is 42.0 Å². The van der Waals surface area contributed by atoms with Crippen molar-refractivity contribution in [3.63, 3.8) is 0 Å². The van der Waals surface area contributed by atoms with Gasteiger partial charge in [-0.2, -0.15) is 0 Å². The minimum atomic E-state index is -3.75. The Balaban J connectivity index is 1.77. The highest BCUT2D eigenvalue weighted by Gasteiger charge is 2.63. The molecular formula is C15H13NO5S. The molecule has 1 aromatic carbocycles. The number of carbonyl (C=O) groups is 2. The Bertz CT molecular complexity index is 811. The normalized spacial score (nSPS) is 34.2. The highest BCUT2D eigenvalue weighted by atomic mass is 32.2. The van der Waals surface area contributed by atoms with Gasteiger partial charge in [-0.15, -0.1) is 0 Å². The summed E-state index contributed by atoms with van der Waals surface area (Å²) < 4.78 is 26.4. The molecule has 4 rings (SSSR count). The van der Waals surface area contributed by atoms with Crippen LogP contribution in [0.4, 0.5) is 5.69 Å². The summed E-state index contributed by atoms with van der Waals surface area (Å²) in [6, 6.07) is 5.35. The molecule has 22 heavy (non-hydrogen) atoms. The molecule has 114 valence electrons. The molecule has 0 radical (unpaired) electrons. The molecule has 4 atom stereocenters. The lowest BCUT2D eigenvalue weighted by atomic mass is 9.92. The topological polar surface area (TPSA) is 91.8 Å². The van der Waals surface area contributed by atoms with Crippen LogP contribution in [0.5, 0.6) is 0 Å². The van der Waals surface area contributed by atoms with Crippen molar-refractivity contribution in [1.29, 1.82) is 0 Å². The molecule has 2 fully saturated rings. The summed E-state index contributed by atoms with van der Waals surface area (Å²) in [5, 5.41) is 8.23. The van der Waals surface area contributed by atoms with Gasteiger partial charge >= 0.3 is 5.97 Å². The first-order valence-corrected chi connectivity index (χ1v) is 8.51. The van der Waals surface area contributed by atoms with Crippen molar-refractivity contribution in [1.82, 2.24) is 0 Å². The molecule has 1 aliphatic heterocycles. The summed E-state index contributed by atoms with van der Waals surface area (Å²) in [4.78, 5) is 23.5. The van der Waals surface area contributed by atoms with Gasteiger partial charge in [-0.3, -0.25) is 4.79 Å². The largest absolute Gasteiger partial charge is 0.478 e. The van der Waals surface area contributed by atoms with E-state index in [0.29, 0.717) is 0 Å². The third-order valence-corrected chi connectivity index (χ3v) is 7.05. The molecular weight excluding hydrogens is 306 g/mol. The van der Waals surface area contributed by atoms with Crippen LogP contribution in [0.3, 0.4) is 0 Å². The van der Waals surface area contributed by atoms with E-state index in [1.165, 1.54) is 24.3 Å². The molecule has 6 nitrogen and oxygen atoms in total. The molecule has 1 heterocycles. The van der Waals surface area contributed by atoms with Gasteiger partial charge < -0.3 is 5.11 Å². The minimum absolute atomic E-state index is 0.000526. The van der Waals surface area contributed by atoms with Gasteiger partial charge in [0.2, 0.25) is 15.9 Å². The number of carbonyl (C=O) groups excluding carboxylic acids is 1. The van der Waals surface area contributed by atoms with Crippen LogP contribution >= 0.6 is 0 Å². The number of carboxylic acids is 1. The van der Waals surface area contributed by atoms with E-state index < -0.39 is 33.1 Å². The summed E-state index contributed by atoms with van der Waals surface area (Å²) in [6.45, 7) is 0. The molecule has 1 saturated carbocycles. The summed E-state index contributed by atoms with van der Waals surface area (Å²) >= 11 is 0. The molecule has 0 unspecified atom stereocenters. The number of carboxylic acid groups (broad SMARTS) is 1. The third-order valence-electron chi connectivity index (χ3n) is 4.82. The fraction of sp³-hybridized carbons (Fsp3) is 0.333. The van der Waals surface area contributed by atoms with Crippen LogP contribution in [-0.2, 0) is 14.8 Å². The number of hydrogen-bond donors (Lipinski definition) is 1. The predicted molar refractivity (Wildman–Crippen MR) is 77.8 cm³/mol. The van der Waals surface area contributed by atoms with Gasteiger partial charge in [-0.1, -0.05) is 12.2 Å². The van der Waals surface area contributed by atoms with Crippen molar-refractivity contribution in [2.45, 2.75) is 11.7 Å². The first-order valence-electron chi connectivity index (χ1n) is 7.01. The second-order valence-corrected chi connectivity index (χ2v) is 7.88. The fourth-order valence-electron chi connectivity index (χ4n) is 3.90. The molecule has 1 aromatic rings. The van der Waals surface area contributed by atoms with Crippen molar-refractivity contribution in [2.24, 2.45) is 17.8 Å². The number of hydrogen-bond acceptors (Lipinski definition) is 4. The van der Waals surface area contributed by atoms with Gasteiger partial charge in [0.1, 0.15) is 0 Å². The van der Waals surface area contributed by atoms with Crippen LogP contribution in [0.2, 0.25) is 0 Å². The average molecular weight is 319 g/mol. The predicted octanol–water partition coefficient (Wildman–Crippen LogP) is 1.25. The summed E-state index contributed by atoms with van der Waals surface area (Å²) in [5.74, 6) is -2.09. The van der Waals surface area contributed by atoms with Crippen molar-refractivity contribution >= 4 is 27.6 Å². The zero-order valence-corrected chi connectivity index (χ0v) is 12.2. The van der Waals surface area contributed by atoms with Gasteiger partial charge in [-0.25, -0.2) is 17.5 Å². The maximum Gasteiger partial charge on any atom is 0.335 e. The second-order valence-electron chi connectivity index (χ2n) is 5.94. The molecule has 3 aliphatic rings. The highest BCUT2D eigenvalue weighted by molar-refractivity contribution is 7.94. The van der Waals surface area contributed by atoms with Crippen molar-refractivity contribution in [2.75, 3.05) is 4.31 Å². The van der Waals surface area contributed by atoms with Gasteiger partial charge in [0.15, 0.2) is 0 Å². The van der Waals surface area contributed by atoms with Crippen molar-refractivity contribution < 1.29 is 23.1 Å².